The highest BCUT2D eigenvalue weighted by Crippen LogP contribution is 2.31. The number of nitrogens with one attached hydrogen (secondary N) is 2. The largest absolute Gasteiger partial charge is 0.484 e. The summed E-state index contributed by atoms with van der Waals surface area (Å²) in [6.07, 6.45) is 1.70. The molecule has 0 atom stereocenters. The Morgan fingerprint density at radius 1 is 0.964 bits per heavy atom. The molecule has 0 bridgehead atoms. The van der Waals surface area contributed by atoms with Crippen LogP contribution < -0.4 is 15.4 Å². The zero-order chi connectivity index (χ0) is 20.0. The second kappa shape index (κ2) is 8.57. The van der Waals surface area contributed by atoms with E-state index >= 15 is 0 Å². The van der Waals surface area contributed by atoms with E-state index in [1.54, 1.807) is 24.4 Å². The number of aromatic nitrogens is 1. The Hall–Kier alpha value is -3.34. The Kier molecular flexibility index (Phi) is 5.94. The van der Waals surface area contributed by atoms with Crippen molar-refractivity contribution in [2.45, 2.75) is 26.2 Å². The number of hydrogen-bond acceptors (Lipinski definition) is 4. The number of carbonyl (C=O) groups excluding carboxylic acids is 1. The van der Waals surface area contributed by atoms with Crippen LogP contribution in [0.2, 0.25) is 0 Å². The van der Waals surface area contributed by atoms with Crippen LogP contribution in [-0.4, -0.2) is 17.5 Å². The first-order valence-electron chi connectivity index (χ1n) is 9.22. The molecule has 3 aromatic rings. The van der Waals surface area contributed by atoms with Gasteiger partial charge in [-0.1, -0.05) is 57.2 Å². The van der Waals surface area contributed by atoms with Crippen molar-refractivity contribution in [1.82, 2.24) is 4.98 Å². The van der Waals surface area contributed by atoms with Crippen molar-refractivity contribution in [3.8, 4) is 5.75 Å². The Morgan fingerprint density at radius 2 is 1.68 bits per heavy atom. The van der Waals surface area contributed by atoms with Gasteiger partial charge in [0.1, 0.15) is 11.6 Å². The number of benzene rings is 2. The van der Waals surface area contributed by atoms with Gasteiger partial charge in [-0.2, -0.15) is 0 Å². The number of hydrogen-bond donors (Lipinski definition) is 2. The van der Waals surface area contributed by atoms with Crippen LogP contribution >= 0.6 is 0 Å². The first-order chi connectivity index (χ1) is 13.4. The van der Waals surface area contributed by atoms with E-state index in [0.717, 1.165) is 11.4 Å². The van der Waals surface area contributed by atoms with Crippen LogP contribution in [0.5, 0.6) is 5.75 Å². The monoisotopic (exact) mass is 375 g/mol. The average Bonchev–Trinajstić information content (AvgIpc) is 2.68. The fraction of sp³-hybridized carbons (Fsp3) is 0.217. The lowest BCUT2D eigenvalue weighted by Crippen LogP contribution is -2.20. The summed E-state index contributed by atoms with van der Waals surface area (Å²) in [5.41, 5.74) is 3.16. The van der Waals surface area contributed by atoms with E-state index in [0.29, 0.717) is 11.6 Å². The minimum absolute atomic E-state index is 0.0314. The topological polar surface area (TPSA) is 63.2 Å². The summed E-state index contributed by atoms with van der Waals surface area (Å²) in [5, 5.41) is 6.14. The highest BCUT2D eigenvalue weighted by molar-refractivity contribution is 5.91. The molecule has 1 aromatic heterocycles. The highest BCUT2D eigenvalue weighted by atomic mass is 16.5. The molecule has 2 N–H and O–H groups in total. The number of pyridine rings is 1. The van der Waals surface area contributed by atoms with Crippen molar-refractivity contribution in [2.75, 3.05) is 17.2 Å². The second-order valence-electron chi connectivity index (χ2n) is 7.50. The van der Waals surface area contributed by atoms with Crippen LogP contribution in [-0.2, 0) is 10.2 Å². The third-order valence-corrected chi connectivity index (χ3v) is 4.16. The Bertz CT molecular complexity index is 917. The number of rotatable bonds is 6. The quantitative estimate of drug-likeness (QED) is 0.626. The van der Waals surface area contributed by atoms with Gasteiger partial charge in [0.2, 0.25) is 0 Å². The molecule has 0 spiro atoms. The van der Waals surface area contributed by atoms with E-state index in [-0.39, 0.29) is 17.9 Å². The summed E-state index contributed by atoms with van der Waals surface area (Å²) in [6.45, 7) is 6.48. The Morgan fingerprint density at radius 3 is 2.36 bits per heavy atom. The number of nitrogens with zero attached hydrogens (tertiary/aromatic N) is 1. The van der Waals surface area contributed by atoms with Gasteiger partial charge in [-0.15, -0.1) is 0 Å². The lowest BCUT2D eigenvalue weighted by molar-refractivity contribution is -0.118. The SMILES string of the molecule is CC(C)(C)c1ccccc1Nc1ccc(NC(=O)COc2ccccc2)nc1. The summed E-state index contributed by atoms with van der Waals surface area (Å²) in [6, 6.07) is 21.1. The maximum Gasteiger partial charge on any atom is 0.263 e. The van der Waals surface area contributed by atoms with Crippen LogP contribution in [0.3, 0.4) is 0 Å². The molecule has 5 nitrogen and oxygen atoms in total. The lowest BCUT2D eigenvalue weighted by Gasteiger charge is -2.23. The summed E-state index contributed by atoms with van der Waals surface area (Å²) in [7, 11) is 0. The van der Waals surface area contributed by atoms with Crippen molar-refractivity contribution in [1.29, 1.82) is 0 Å². The van der Waals surface area contributed by atoms with Crippen molar-refractivity contribution in [2.24, 2.45) is 0 Å². The molecule has 144 valence electrons. The molecule has 0 unspecified atom stereocenters. The standard InChI is InChI=1S/C23H25N3O2/c1-23(2,3)19-11-7-8-12-20(19)25-17-13-14-21(24-15-17)26-22(27)16-28-18-9-5-4-6-10-18/h4-15,25H,16H2,1-3H3,(H,24,26,27). The van der Waals surface area contributed by atoms with Gasteiger partial charge in [-0.3, -0.25) is 4.79 Å². The molecule has 1 amide bonds. The van der Waals surface area contributed by atoms with E-state index in [2.05, 4.69) is 48.5 Å². The molecule has 5 heteroatoms. The van der Waals surface area contributed by atoms with Crippen molar-refractivity contribution in [3.05, 3.63) is 78.5 Å². The first-order valence-corrected chi connectivity index (χ1v) is 9.22. The number of anilines is 3. The molecule has 0 aliphatic rings. The molecule has 0 fully saturated rings. The van der Waals surface area contributed by atoms with Crippen molar-refractivity contribution >= 4 is 23.1 Å². The first kappa shape index (κ1) is 19.4. The summed E-state index contributed by atoms with van der Waals surface area (Å²) in [4.78, 5) is 16.3. The average molecular weight is 375 g/mol. The zero-order valence-electron chi connectivity index (χ0n) is 16.4. The van der Waals surface area contributed by atoms with Crippen molar-refractivity contribution in [3.63, 3.8) is 0 Å². The second-order valence-corrected chi connectivity index (χ2v) is 7.50. The van der Waals surface area contributed by atoms with Gasteiger partial charge in [-0.05, 0) is 41.3 Å². The molecule has 0 radical (unpaired) electrons. The molecule has 28 heavy (non-hydrogen) atoms. The van der Waals surface area contributed by atoms with Crippen LogP contribution in [0.25, 0.3) is 0 Å². The summed E-state index contributed by atoms with van der Waals surface area (Å²) in [5.74, 6) is 0.883. The smallest absolute Gasteiger partial charge is 0.263 e. The van der Waals surface area contributed by atoms with Gasteiger partial charge in [0.25, 0.3) is 5.91 Å². The molecule has 3 rings (SSSR count). The maximum atomic E-state index is 12.0. The third-order valence-electron chi connectivity index (χ3n) is 4.16. The molecule has 0 aliphatic carbocycles. The van der Waals surface area contributed by atoms with Gasteiger partial charge >= 0.3 is 0 Å². The Balaban J connectivity index is 1.59. The fourth-order valence-corrected chi connectivity index (χ4v) is 2.79. The number of amides is 1. The lowest BCUT2D eigenvalue weighted by atomic mass is 9.86. The van der Waals surface area contributed by atoms with Crippen molar-refractivity contribution < 1.29 is 9.53 Å². The van der Waals surface area contributed by atoms with Gasteiger partial charge in [0.15, 0.2) is 6.61 Å². The van der Waals surface area contributed by atoms with Crippen LogP contribution in [0.15, 0.2) is 72.9 Å². The number of carbonyl (C=O) groups is 1. The number of para-hydroxylation sites is 2. The predicted molar refractivity (Wildman–Crippen MR) is 113 cm³/mol. The molecule has 2 aromatic carbocycles. The van der Waals surface area contributed by atoms with E-state index in [1.165, 1.54) is 5.56 Å². The molecule has 0 aliphatic heterocycles. The third kappa shape index (κ3) is 5.33. The summed E-state index contributed by atoms with van der Waals surface area (Å²) >= 11 is 0. The molecule has 0 saturated carbocycles. The highest BCUT2D eigenvalue weighted by Gasteiger charge is 2.17. The van der Waals surface area contributed by atoms with E-state index in [9.17, 15) is 4.79 Å². The van der Waals surface area contributed by atoms with Crippen LogP contribution in [0, 0.1) is 0 Å². The van der Waals surface area contributed by atoms with Gasteiger partial charge in [-0.25, -0.2) is 4.98 Å². The predicted octanol–water partition coefficient (Wildman–Crippen LogP) is 5.14. The van der Waals surface area contributed by atoms with Gasteiger partial charge in [0.05, 0.1) is 11.9 Å². The minimum atomic E-state index is -0.254. The zero-order valence-corrected chi connectivity index (χ0v) is 16.4. The fourth-order valence-electron chi connectivity index (χ4n) is 2.79. The van der Waals surface area contributed by atoms with E-state index < -0.39 is 0 Å². The normalized spacial score (nSPS) is 11.0. The molecular weight excluding hydrogens is 350 g/mol. The molecule has 1 heterocycles. The van der Waals surface area contributed by atoms with Crippen LogP contribution in [0.4, 0.5) is 17.2 Å². The number of ether oxygens (including phenoxy) is 1. The maximum absolute atomic E-state index is 12.0. The summed E-state index contributed by atoms with van der Waals surface area (Å²) < 4.78 is 5.44. The van der Waals surface area contributed by atoms with Crippen LogP contribution in [0.1, 0.15) is 26.3 Å². The minimum Gasteiger partial charge on any atom is -0.484 e. The van der Waals surface area contributed by atoms with Gasteiger partial charge in [0, 0.05) is 5.69 Å². The van der Waals surface area contributed by atoms with Gasteiger partial charge < -0.3 is 15.4 Å². The van der Waals surface area contributed by atoms with E-state index in [4.69, 9.17) is 4.74 Å². The molecular formula is C23H25N3O2. The Labute approximate surface area is 165 Å². The molecule has 0 saturated heterocycles. The van der Waals surface area contributed by atoms with E-state index in [1.807, 2.05) is 36.4 Å².